The monoisotopic (exact) mass is 293 g/mol. The van der Waals surface area contributed by atoms with E-state index in [2.05, 4.69) is 15.1 Å². The second-order valence-corrected chi connectivity index (χ2v) is 5.95. The highest BCUT2D eigenvalue weighted by Gasteiger charge is 2.26. The van der Waals surface area contributed by atoms with Crippen LogP contribution < -0.4 is 5.32 Å². The average molecular weight is 293 g/mol. The number of nitrogens with one attached hydrogen (secondary N) is 1. The van der Waals surface area contributed by atoms with Crippen LogP contribution in [0, 0.1) is 0 Å². The number of carbonyl (C=O) groups is 1. The molecule has 1 saturated heterocycles. The van der Waals surface area contributed by atoms with Gasteiger partial charge in [-0.2, -0.15) is 0 Å². The first-order valence-electron chi connectivity index (χ1n) is 7.66. The molecule has 6 heteroatoms. The van der Waals surface area contributed by atoms with Gasteiger partial charge in [0.05, 0.1) is 12.8 Å². The highest BCUT2D eigenvalue weighted by molar-refractivity contribution is 5.78. The van der Waals surface area contributed by atoms with E-state index in [1.165, 1.54) is 0 Å². The summed E-state index contributed by atoms with van der Waals surface area (Å²) in [6, 6.07) is 4.01. The van der Waals surface area contributed by atoms with Crippen LogP contribution in [0.15, 0.2) is 22.8 Å². The summed E-state index contributed by atoms with van der Waals surface area (Å²) in [5, 5.41) is 13.1. The lowest BCUT2D eigenvalue weighted by Gasteiger charge is -2.34. The highest BCUT2D eigenvalue weighted by Crippen LogP contribution is 2.18. The molecule has 1 unspecified atom stereocenters. The van der Waals surface area contributed by atoms with Crippen LogP contribution in [0.3, 0.4) is 0 Å². The number of hydrogen-bond acceptors (Lipinski definition) is 5. The van der Waals surface area contributed by atoms with Gasteiger partial charge in [-0.05, 0) is 25.0 Å². The Morgan fingerprint density at radius 3 is 2.67 bits per heavy atom. The Balaban J connectivity index is 1.37. The molecule has 2 N–H and O–H groups in total. The molecule has 1 aromatic rings. The molecule has 2 fully saturated rings. The Morgan fingerprint density at radius 2 is 2.05 bits per heavy atom. The van der Waals surface area contributed by atoms with Crippen LogP contribution >= 0.6 is 0 Å². The van der Waals surface area contributed by atoms with Crippen LogP contribution in [0.25, 0.3) is 0 Å². The zero-order chi connectivity index (χ0) is 14.7. The third-order valence-corrected chi connectivity index (χ3v) is 4.08. The molecule has 1 aromatic heterocycles. The largest absolute Gasteiger partial charge is 0.467 e. The molecule has 0 radical (unpaired) electrons. The molecule has 3 rings (SSSR count). The lowest BCUT2D eigenvalue weighted by Crippen LogP contribution is -2.50. The minimum absolute atomic E-state index is 0.140. The van der Waals surface area contributed by atoms with Gasteiger partial charge in [0.15, 0.2) is 0 Å². The number of aliphatic hydroxyl groups is 1. The van der Waals surface area contributed by atoms with Crippen molar-refractivity contribution in [2.45, 2.75) is 25.0 Å². The van der Waals surface area contributed by atoms with Crippen LogP contribution in [0.1, 0.15) is 24.7 Å². The second kappa shape index (κ2) is 6.60. The summed E-state index contributed by atoms with van der Waals surface area (Å²) in [5.74, 6) is 0.753. The maximum absolute atomic E-state index is 11.8. The summed E-state index contributed by atoms with van der Waals surface area (Å²) in [6.45, 7) is 4.54. The molecule has 1 aliphatic heterocycles. The first-order chi connectivity index (χ1) is 10.2. The van der Waals surface area contributed by atoms with Gasteiger partial charge in [-0.15, -0.1) is 0 Å². The van der Waals surface area contributed by atoms with Crippen molar-refractivity contribution in [3.63, 3.8) is 0 Å². The lowest BCUT2D eigenvalue weighted by atomic mass is 10.2. The smallest absolute Gasteiger partial charge is 0.234 e. The standard InChI is InChI=1S/C15H23N3O3/c19-13(14-2-1-9-21-14)10-17-5-7-18(8-6-17)11-15(20)16-12-3-4-12/h1-2,9,12-13,19H,3-8,10-11H2,(H,16,20). The van der Waals surface area contributed by atoms with Crippen molar-refractivity contribution >= 4 is 5.91 Å². The van der Waals surface area contributed by atoms with Crippen molar-refractivity contribution in [3.05, 3.63) is 24.2 Å². The fraction of sp³-hybridized carbons (Fsp3) is 0.667. The fourth-order valence-electron chi connectivity index (χ4n) is 2.65. The molecule has 1 saturated carbocycles. The van der Waals surface area contributed by atoms with Gasteiger partial charge in [0.1, 0.15) is 11.9 Å². The lowest BCUT2D eigenvalue weighted by molar-refractivity contribution is -0.122. The van der Waals surface area contributed by atoms with E-state index in [1.807, 2.05) is 0 Å². The summed E-state index contributed by atoms with van der Waals surface area (Å²) in [6.07, 6.45) is 3.26. The molecule has 0 aromatic carbocycles. The number of furan rings is 1. The maximum atomic E-state index is 11.8. The molecule has 2 heterocycles. The van der Waals surface area contributed by atoms with E-state index in [9.17, 15) is 9.90 Å². The van der Waals surface area contributed by atoms with Crippen molar-refractivity contribution in [2.24, 2.45) is 0 Å². The Hall–Kier alpha value is -1.37. The van der Waals surface area contributed by atoms with Gasteiger partial charge in [-0.3, -0.25) is 14.6 Å². The fourth-order valence-corrected chi connectivity index (χ4v) is 2.65. The van der Waals surface area contributed by atoms with E-state index in [0.29, 0.717) is 24.9 Å². The van der Waals surface area contributed by atoms with Gasteiger partial charge in [0.25, 0.3) is 0 Å². The quantitative estimate of drug-likeness (QED) is 0.785. The molecule has 6 nitrogen and oxygen atoms in total. The van der Waals surface area contributed by atoms with Crippen molar-refractivity contribution < 1.29 is 14.3 Å². The number of aliphatic hydroxyl groups excluding tert-OH is 1. The van der Waals surface area contributed by atoms with Gasteiger partial charge < -0.3 is 14.8 Å². The van der Waals surface area contributed by atoms with Crippen molar-refractivity contribution in [1.29, 1.82) is 0 Å². The topological polar surface area (TPSA) is 69.0 Å². The Morgan fingerprint density at radius 1 is 1.33 bits per heavy atom. The van der Waals surface area contributed by atoms with Gasteiger partial charge in [0, 0.05) is 38.8 Å². The number of carbonyl (C=O) groups excluding carboxylic acids is 1. The molecule has 1 amide bonds. The summed E-state index contributed by atoms with van der Waals surface area (Å²) in [7, 11) is 0. The minimum Gasteiger partial charge on any atom is -0.467 e. The Kier molecular flexibility index (Phi) is 4.57. The molecule has 116 valence electrons. The van der Waals surface area contributed by atoms with E-state index in [0.717, 1.165) is 39.0 Å². The zero-order valence-corrected chi connectivity index (χ0v) is 12.2. The van der Waals surface area contributed by atoms with E-state index >= 15 is 0 Å². The summed E-state index contributed by atoms with van der Waals surface area (Å²) in [5.41, 5.74) is 0. The summed E-state index contributed by atoms with van der Waals surface area (Å²) < 4.78 is 5.21. The van der Waals surface area contributed by atoms with Crippen LogP contribution in [0.2, 0.25) is 0 Å². The number of β-amino-alcohol motifs (C(OH)–C–C–N with tert-alkyl or cyclic N) is 1. The van der Waals surface area contributed by atoms with Crippen molar-refractivity contribution in [1.82, 2.24) is 15.1 Å². The van der Waals surface area contributed by atoms with Gasteiger partial charge in [0.2, 0.25) is 5.91 Å². The number of piperazine rings is 1. The number of hydrogen-bond donors (Lipinski definition) is 2. The van der Waals surface area contributed by atoms with Crippen LogP contribution in [0.4, 0.5) is 0 Å². The van der Waals surface area contributed by atoms with Gasteiger partial charge in [-0.25, -0.2) is 0 Å². The molecular weight excluding hydrogens is 270 g/mol. The first kappa shape index (κ1) is 14.6. The predicted molar refractivity (Wildman–Crippen MR) is 77.7 cm³/mol. The normalized spacial score (nSPS) is 22.1. The maximum Gasteiger partial charge on any atom is 0.234 e. The van der Waals surface area contributed by atoms with E-state index in [1.54, 1.807) is 18.4 Å². The Labute approximate surface area is 124 Å². The summed E-state index contributed by atoms with van der Waals surface area (Å²) in [4.78, 5) is 16.1. The third kappa shape index (κ3) is 4.30. The average Bonchev–Trinajstić information content (AvgIpc) is 3.10. The molecular formula is C15H23N3O3. The number of amides is 1. The van der Waals surface area contributed by atoms with Crippen molar-refractivity contribution in [3.8, 4) is 0 Å². The first-order valence-corrected chi connectivity index (χ1v) is 7.66. The molecule has 21 heavy (non-hydrogen) atoms. The van der Waals surface area contributed by atoms with Crippen LogP contribution in [-0.2, 0) is 4.79 Å². The van der Waals surface area contributed by atoms with Crippen molar-refractivity contribution in [2.75, 3.05) is 39.3 Å². The van der Waals surface area contributed by atoms with E-state index in [-0.39, 0.29) is 5.91 Å². The van der Waals surface area contributed by atoms with Crippen LogP contribution in [-0.4, -0.2) is 66.1 Å². The number of rotatable bonds is 6. The number of nitrogens with zero attached hydrogens (tertiary/aromatic N) is 2. The molecule has 1 aliphatic carbocycles. The third-order valence-electron chi connectivity index (χ3n) is 4.08. The second-order valence-electron chi connectivity index (χ2n) is 5.95. The van der Waals surface area contributed by atoms with Gasteiger partial charge >= 0.3 is 0 Å². The highest BCUT2D eigenvalue weighted by atomic mass is 16.4. The minimum atomic E-state index is -0.579. The molecule has 1 atom stereocenters. The molecule has 2 aliphatic rings. The SMILES string of the molecule is O=C(CN1CCN(CC(O)c2ccco2)CC1)NC1CC1. The van der Waals surface area contributed by atoms with E-state index in [4.69, 9.17) is 4.42 Å². The van der Waals surface area contributed by atoms with Gasteiger partial charge in [-0.1, -0.05) is 0 Å². The molecule has 0 bridgehead atoms. The summed E-state index contributed by atoms with van der Waals surface area (Å²) >= 11 is 0. The predicted octanol–water partition coefficient (Wildman–Crippen LogP) is 0.209. The van der Waals surface area contributed by atoms with E-state index < -0.39 is 6.10 Å². The zero-order valence-electron chi connectivity index (χ0n) is 12.2. The van der Waals surface area contributed by atoms with Crippen LogP contribution in [0.5, 0.6) is 0 Å². The molecule has 0 spiro atoms. The Bertz CT molecular complexity index is 451.